The van der Waals surface area contributed by atoms with Crippen molar-refractivity contribution >= 4 is 31.6 Å². The lowest BCUT2D eigenvalue weighted by Crippen LogP contribution is -2.11. The van der Waals surface area contributed by atoms with Gasteiger partial charge in [-0.1, -0.05) is 32.0 Å². The van der Waals surface area contributed by atoms with Crippen LogP contribution in [0.15, 0.2) is 29.1 Å². The van der Waals surface area contributed by atoms with E-state index in [4.69, 9.17) is 0 Å². The van der Waals surface area contributed by atoms with E-state index in [1.165, 1.54) is 0 Å². The molecule has 0 saturated heterocycles. The molecule has 3 aromatic rings. The molecule has 0 saturated carbocycles. The molecular weight excluding hydrogens is 232 g/mol. The minimum absolute atomic E-state index is 0.0313. The summed E-state index contributed by atoms with van der Waals surface area (Å²) in [6.45, 7) is 4.05. The lowest BCUT2D eigenvalue weighted by atomic mass is 10.2. The highest BCUT2D eigenvalue weighted by molar-refractivity contribution is 7.25. The van der Waals surface area contributed by atoms with Gasteiger partial charge in [0.25, 0.3) is 5.56 Å². The van der Waals surface area contributed by atoms with Crippen molar-refractivity contribution in [3.8, 4) is 0 Å². The molecule has 3 nitrogen and oxygen atoms in total. The Kier molecular flexibility index (Phi) is 2.26. The Balaban J connectivity index is 2.49. The molecule has 0 unspecified atom stereocenters. The maximum Gasteiger partial charge on any atom is 0.260 e. The lowest BCUT2D eigenvalue weighted by molar-refractivity contribution is 0.778. The van der Waals surface area contributed by atoms with Crippen LogP contribution in [0.2, 0.25) is 0 Å². The molecule has 0 fully saturated rings. The molecule has 0 aliphatic rings. The molecule has 1 N–H and O–H groups in total. The monoisotopic (exact) mass is 244 g/mol. The van der Waals surface area contributed by atoms with E-state index in [-0.39, 0.29) is 11.5 Å². The molecule has 2 aromatic heterocycles. The maximum atomic E-state index is 12.1. The average Bonchev–Trinajstić information content (AvgIpc) is 2.67. The van der Waals surface area contributed by atoms with E-state index in [0.29, 0.717) is 0 Å². The zero-order valence-corrected chi connectivity index (χ0v) is 10.5. The number of fused-ring (bicyclic) bond motifs is 3. The highest BCUT2D eigenvalue weighted by atomic mass is 32.1. The third-order valence-electron chi connectivity index (χ3n) is 2.81. The van der Waals surface area contributed by atoms with Gasteiger partial charge in [-0.3, -0.25) is 4.79 Å². The van der Waals surface area contributed by atoms with Crippen molar-refractivity contribution in [1.29, 1.82) is 0 Å². The van der Waals surface area contributed by atoms with Gasteiger partial charge in [0.1, 0.15) is 10.7 Å². The Bertz CT molecular complexity index is 755. The quantitative estimate of drug-likeness (QED) is 0.714. The van der Waals surface area contributed by atoms with Crippen LogP contribution in [0, 0.1) is 0 Å². The number of hydrogen-bond donors (Lipinski definition) is 1. The topological polar surface area (TPSA) is 45.8 Å². The molecule has 0 aliphatic carbocycles. The molecule has 0 radical (unpaired) electrons. The van der Waals surface area contributed by atoms with Crippen molar-refractivity contribution in [2.75, 3.05) is 0 Å². The second-order valence-electron chi connectivity index (χ2n) is 4.38. The number of H-pyrrole nitrogens is 1. The molecule has 0 bridgehead atoms. The van der Waals surface area contributed by atoms with E-state index in [2.05, 4.69) is 9.97 Å². The van der Waals surface area contributed by atoms with E-state index >= 15 is 0 Å². The summed E-state index contributed by atoms with van der Waals surface area (Å²) in [6.07, 6.45) is 0. The van der Waals surface area contributed by atoms with Crippen molar-refractivity contribution in [3.05, 3.63) is 40.4 Å². The van der Waals surface area contributed by atoms with Crippen LogP contribution in [-0.4, -0.2) is 9.97 Å². The molecule has 1 aromatic carbocycles. The zero-order valence-electron chi connectivity index (χ0n) is 9.65. The van der Waals surface area contributed by atoms with Crippen LogP contribution in [-0.2, 0) is 0 Å². The molecular formula is C13H12N2OS. The van der Waals surface area contributed by atoms with Crippen LogP contribution >= 0.6 is 11.3 Å². The van der Waals surface area contributed by atoms with Crippen molar-refractivity contribution in [2.45, 2.75) is 19.8 Å². The first kappa shape index (κ1) is 10.5. The molecule has 4 heteroatoms. The van der Waals surface area contributed by atoms with Crippen LogP contribution in [0.3, 0.4) is 0 Å². The Morgan fingerprint density at radius 2 is 2.06 bits per heavy atom. The van der Waals surface area contributed by atoms with Gasteiger partial charge in [0.15, 0.2) is 0 Å². The number of nitrogens with zero attached hydrogens (tertiary/aromatic N) is 1. The van der Waals surface area contributed by atoms with Crippen LogP contribution in [0.1, 0.15) is 25.6 Å². The first-order chi connectivity index (χ1) is 8.16. The predicted octanol–water partition coefficient (Wildman–Crippen LogP) is 3.26. The number of hydrogen-bond acceptors (Lipinski definition) is 3. The fraction of sp³-hybridized carbons (Fsp3) is 0.231. The smallest absolute Gasteiger partial charge is 0.260 e. The number of aromatic amines is 1. The summed E-state index contributed by atoms with van der Waals surface area (Å²) < 4.78 is 1.11. The first-order valence-electron chi connectivity index (χ1n) is 5.58. The van der Waals surface area contributed by atoms with Gasteiger partial charge in [-0.15, -0.1) is 11.3 Å². The molecule has 0 atom stereocenters. The number of aromatic nitrogens is 2. The number of thiophene rings is 1. The summed E-state index contributed by atoms with van der Waals surface area (Å²) in [5.74, 6) is 0.992. The van der Waals surface area contributed by atoms with E-state index in [9.17, 15) is 4.79 Å². The SMILES string of the molecule is CC(C)c1nc2sc3ccccc3c2c(=O)[nH]1. The second kappa shape index (κ2) is 3.67. The van der Waals surface area contributed by atoms with E-state index < -0.39 is 0 Å². The normalized spacial score (nSPS) is 11.7. The minimum Gasteiger partial charge on any atom is -0.310 e. The van der Waals surface area contributed by atoms with Gasteiger partial charge in [0, 0.05) is 16.0 Å². The van der Waals surface area contributed by atoms with Gasteiger partial charge < -0.3 is 4.98 Å². The summed E-state index contributed by atoms with van der Waals surface area (Å²) in [6, 6.07) is 7.93. The van der Waals surface area contributed by atoms with E-state index in [0.717, 1.165) is 26.1 Å². The molecule has 0 amide bonds. The third-order valence-corrected chi connectivity index (χ3v) is 3.88. The van der Waals surface area contributed by atoms with Crippen LogP contribution < -0.4 is 5.56 Å². The van der Waals surface area contributed by atoms with Gasteiger partial charge in [-0.05, 0) is 6.07 Å². The average molecular weight is 244 g/mol. The van der Waals surface area contributed by atoms with Crippen molar-refractivity contribution in [1.82, 2.24) is 9.97 Å². The van der Waals surface area contributed by atoms with E-state index in [1.807, 2.05) is 38.1 Å². The van der Waals surface area contributed by atoms with Crippen molar-refractivity contribution < 1.29 is 0 Å². The molecule has 2 heterocycles. The molecule has 86 valence electrons. The predicted molar refractivity (Wildman–Crippen MR) is 71.8 cm³/mol. The second-order valence-corrected chi connectivity index (χ2v) is 5.41. The number of rotatable bonds is 1. The Morgan fingerprint density at radius 3 is 2.82 bits per heavy atom. The van der Waals surface area contributed by atoms with Gasteiger partial charge >= 0.3 is 0 Å². The summed E-state index contributed by atoms with van der Waals surface area (Å²) in [4.78, 5) is 20.3. The van der Waals surface area contributed by atoms with Gasteiger partial charge in [0.05, 0.1) is 5.39 Å². The van der Waals surface area contributed by atoms with E-state index in [1.54, 1.807) is 11.3 Å². The van der Waals surface area contributed by atoms with Crippen LogP contribution in [0.5, 0.6) is 0 Å². The number of nitrogens with one attached hydrogen (secondary N) is 1. The molecule has 3 rings (SSSR count). The summed E-state index contributed by atoms with van der Waals surface area (Å²) in [5, 5.41) is 1.71. The van der Waals surface area contributed by atoms with Crippen molar-refractivity contribution in [2.24, 2.45) is 0 Å². The Morgan fingerprint density at radius 1 is 1.29 bits per heavy atom. The third kappa shape index (κ3) is 1.56. The number of benzene rings is 1. The standard InChI is InChI=1S/C13H12N2OS/c1-7(2)11-14-12(16)10-8-5-3-4-6-9(8)17-13(10)15-11/h3-7H,1-2H3,(H,14,15,16). The minimum atomic E-state index is -0.0313. The lowest BCUT2D eigenvalue weighted by Gasteiger charge is -2.02. The van der Waals surface area contributed by atoms with Gasteiger partial charge in [-0.25, -0.2) is 4.98 Å². The summed E-state index contributed by atoms with van der Waals surface area (Å²) in [7, 11) is 0. The Hall–Kier alpha value is -1.68. The fourth-order valence-electron chi connectivity index (χ4n) is 1.92. The fourth-order valence-corrected chi connectivity index (χ4v) is 3.00. The van der Waals surface area contributed by atoms with Gasteiger partial charge in [0.2, 0.25) is 0 Å². The molecule has 17 heavy (non-hydrogen) atoms. The summed E-state index contributed by atoms with van der Waals surface area (Å²) >= 11 is 1.58. The Labute approximate surface area is 102 Å². The zero-order chi connectivity index (χ0) is 12.0. The van der Waals surface area contributed by atoms with Crippen molar-refractivity contribution in [3.63, 3.8) is 0 Å². The first-order valence-corrected chi connectivity index (χ1v) is 6.40. The molecule has 0 spiro atoms. The van der Waals surface area contributed by atoms with Crippen LogP contribution in [0.25, 0.3) is 20.3 Å². The largest absolute Gasteiger partial charge is 0.310 e. The summed E-state index contributed by atoms with van der Waals surface area (Å²) in [5.41, 5.74) is -0.0313. The van der Waals surface area contributed by atoms with Crippen LogP contribution in [0.4, 0.5) is 0 Å². The van der Waals surface area contributed by atoms with Gasteiger partial charge in [-0.2, -0.15) is 0 Å². The molecule has 0 aliphatic heterocycles. The highest BCUT2D eigenvalue weighted by Gasteiger charge is 2.12. The highest BCUT2D eigenvalue weighted by Crippen LogP contribution is 2.30. The maximum absolute atomic E-state index is 12.1.